The van der Waals surface area contributed by atoms with Crippen molar-refractivity contribution in [3.8, 4) is 5.69 Å². The van der Waals surface area contributed by atoms with E-state index in [4.69, 9.17) is 18.9 Å². The van der Waals surface area contributed by atoms with E-state index in [1.165, 1.54) is 17.7 Å². The van der Waals surface area contributed by atoms with Crippen LogP contribution in [0.3, 0.4) is 0 Å². The van der Waals surface area contributed by atoms with Crippen LogP contribution in [0.25, 0.3) is 11.8 Å². The molecule has 2 spiro atoms. The zero-order valence-electron chi connectivity index (χ0n) is 22.3. The first-order valence-corrected chi connectivity index (χ1v) is 14.1. The monoisotopic (exact) mass is 540 g/mol. The molecule has 9 heteroatoms. The van der Waals surface area contributed by atoms with Gasteiger partial charge >= 0.3 is 0 Å². The first-order chi connectivity index (χ1) is 18.7. The second kappa shape index (κ2) is 7.97. The summed E-state index contributed by atoms with van der Waals surface area (Å²) in [6.07, 6.45) is 8.53. The molecule has 39 heavy (non-hydrogen) atoms. The van der Waals surface area contributed by atoms with Crippen molar-refractivity contribution in [3.05, 3.63) is 52.9 Å². The minimum absolute atomic E-state index is 0.0906. The summed E-state index contributed by atoms with van der Waals surface area (Å²) in [6, 6.07) is 3.49. The number of rotatable bonds is 1. The minimum Gasteiger partial charge on any atom is -0.393 e. The largest absolute Gasteiger partial charge is 0.393 e. The second-order valence-electron chi connectivity index (χ2n) is 13.0. The molecule has 4 aliphatic carbocycles. The van der Waals surface area contributed by atoms with E-state index < -0.39 is 29.1 Å². The molecule has 1 N–H and O–H groups in total. The molecule has 1 unspecified atom stereocenters. The van der Waals surface area contributed by atoms with Crippen molar-refractivity contribution in [3.63, 3.8) is 0 Å². The summed E-state index contributed by atoms with van der Waals surface area (Å²) in [5.74, 6) is -1.37. The third-order valence-electron chi connectivity index (χ3n) is 11.5. The number of aliphatic hydroxyl groups excluding tert-OH is 1. The van der Waals surface area contributed by atoms with Gasteiger partial charge in [0.05, 0.1) is 23.7 Å². The van der Waals surface area contributed by atoms with E-state index in [2.05, 4.69) is 25.0 Å². The van der Waals surface area contributed by atoms with Crippen LogP contribution in [0.2, 0.25) is 0 Å². The van der Waals surface area contributed by atoms with Gasteiger partial charge in [0.1, 0.15) is 23.8 Å². The predicted octanol–water partition coefficient (Wildman–Crippen LogP) is 4.75. The fraction of sp³-hybridized carbons (Fsp3) is 0.633. The summed E-state index contributed by atoms with van der Waals surface area (Å²) in [4.78, 5) is 0. The zero-order chi connectivity index (χ0) is 26.8. The second-order valence-corrected chi connectivity index (χ2v) is 13.0. The minimum atomic E-state index is -0.905. The quantitative estimate of drug-likeness (QED) is 0.563. The number of allylic oxidation sites excluding steroid dienone is 1. The molecule has 8 atom stereocenters. The fourth-order valence-electron chi connectivity index (χ4n) is 10.0. The van der Waals surface area contributed by atoms with Crippen LogP contribution in [0.1, 0.15) is 57.2 Å². The molecule has 3 saturated carbocycles. The standard InChI is InChI=1S/C30H34F2N2O5/c1-27-11-17-13-33-34(21-9-19(31)8-20(32)10-21)24(17)7-18(27)3-4-22-23-5-6-29(28(23,2)12-25(35)26(22)27)30(39-16-37-29)14-36-15-38-30/h7-10,13,22-23,25-26,35H,3-6,11-12,14-16H2,1-2H3/t22-,23-,25-,26+,27-,28-,29+,30?/m0/s1. The van der Waals surface area contributed by atoms with Crippen LogP contribution in [0.4, 0.5) is 8.78 Å². The van der Waals surface area contributed by atoms with Crippen LogP contribution in [-0.2, 0) is 25.4 Å². The molecule has 1 aromatic carbocycles. The van der Waals surface area contributed by atoms with E-state index in [0.29, 0.717) is 30.6 Å². The van der Waals surface area contributed by atoms with Gasteiger partial charge in [-0.05, 0) is 85.5 Å². The zero-order valence-corrected chi connectivity index (χ0v) is 22.3. The fourth-order valence-corrected chi connectivity index (χ4v) is 10.0. The molecule has 1 aromatic heterocycles. The molecule has 5 fully saturated rings. The van der Waals surface area contributed by atoms with Crippen molar-refractivity contribution < 1.29 is 32.8 Å². The lowest BCUT2D eigenvalue weighted by Crippen LogP contribution is -2.66. The van der Waals surface area contributed by atoms with Crippen molar-refractivity contribution >= 4 is 6.08 Å². The topological polar surface area (TPSA) is 75.0 Å². The van der Waals surface area contributed by atoms with E-state index in [-0.39, 0.29) is 30.3 Å². The number of nitrogens with zero attached hydrogens (tertiary/aromatic N) is 2. The van der Waals surface area contributed by atoms with Crippen molar-refractivity contribution in [1.82, 2.24) is 9.78 Å². The summed E-state index contributed by atoms with van der Waals surface area (Å²) in [5, 5.41) is 16.5. The molecule has 0 radical (unpaired) electrons. The van der Waals surface area contributed by atoms with Gasteiger partial charge in [0.15, 0.2) is 13.6 Å². The molecule has 3 heterocycles. The number of halogens is 2. The molecule has 8 rings (SSSR count). The van der Waals surface area contributed by atoms with E-state index in [1.54, 1.807) is 4.68 Å². The lowest BCUT2D eigenvalue weighted by molar-refractivity contribution is -0.257. The lowest BCUT2D eigenvalue weighted by Gasteiger charge is -2.61. The Kier molecular flexibility index (Phi) is 5.03. The first-order valence-electron chi connectivity index (χ1n) is 14.1. The van der Waals surface area contributed by atoms with E-state index in [9.17, 15) is 13.9 Å². The van der Waals surface area contributed by atoms with Gasteiger partial charge in [-0.15, -0.1) is 0 Å². The molecule has 0 amide bonds. The maximum atomic E-state index is 14.0. The molecule has 2 aliphatic heterocycles. The third kappa shape index (κ3) is 3.00. The Morgan fingerprint density at radius 1 is 1.05 bits per heavy atom. The van der Waals surface area contributed by atoms with Gasteiger partial charge in [-0.25, -0.2) is 13.5 Å². The van der Waals surface area contributed by atoms with E-state index in [0.717, 1.165) is 49.4 Å². The molecular weight excluding hydrogens is 506 g/mol. The van der Waals surface area contributed by atoms with Crippen molar-refractivity contribution in [2.45, 2.75) is 69.9 Å². The highest BCUT2D eigenvalue weighted by molar-refractivity contribution is 5.61. The third-order valence-corrected chi connectivity index (χ3v) is 11.5. The smallest absolute Gasteiger partial charge is 0.226 e. The summed E-state index contributed by atoms with van der Waals surface area (Å²) >= 11 is 0. The number of aromatic nitrogens is 2. The van der Waals surface area contributed by atoms with Gasteiger partial charge in [0, 0.05) is 11.5 Å². The average molecular weight is 541 g/mol. The Balaban J connectivity index is 1.16. The predicted molar refractivity (Wildman–Crippen MR) is 135 cm³/mol. The van der Waals surface area contributed by atoms with Gasteiger partial charge in [-0.3, -0.25) is 0 Å². The Bertz CT molecular complexity index is 1360. The Hall–Kier alpha value is -2.17. The van der Waals surface area contributed by atoms with Crippen LogP contribution in [-0.4, -0.2) is 52.6 Å². The van der Waals surface area contributed by atoms with Crippen LogP contribution in [0.15, 0.2) is 30.0 Å². The Morgan fingerprint density at radius 2 is 1.85 bits per heavy atom. The highest BCUT2D eigenvalue weighted by Gasteiger charge is 2.76. The number of ether oxygens (including phenoxy) is 4. The van der Waals surface area contributed by atoms with Gasteiger partial charge in [-0.2, -0.15) is 5.10 Å². The normalized spacial score (nSPS) is 44.3. The maximum absolute atomic E-state index is 14.0. The summed E-state index contributed by atoms with van der Waals surface area (Å²) in [6.45, 7) is 5.30. The average Bonchev–Trinajstić information content (AvgIpc) is 3.65. The van der Waals surface area contributed by atoms with Gasteiger partial charge in [0.25, 0.3) is 0 Å². The number of benzene rings is 1. The van der Waals surface area contributed by atoms with Crippen LogP contribution in [0, 0.1) is 40.2 Å². The maximum Gasteiger partial charge on any atom is 0.226 e. The van der Waals surface area contributed by atoms with E-state index in [1.807, 2.05) is 6.20 Å². The highest BCUT2D eigenvalue weighted by atomic mass is 19.1. The van der Waals surface area contributed by atoms with Crippen LogP contribution >= 0.6 is 0 Å². The molecule has 6 aliphatic rings. The molecule has 7 nitrogen and oxygen atoms in total. The Labute approximate surface area is 226 Å². The summed E-state index contributed by atoms with van der Waals surface area (Å²) in [5.41, 5.74) is 2.40. The number of hydrogen-bond acceptors (Lipinski definition) is 6. The van der Waals surface area contributed by atoms with Crippen LogP contribution < -0.4 is 0 Å². The van der Waals surface area contributed by atoms with Crippen molar-refractivity contribution in [2.24, 2.45) is 28.6 Å². The van der Waals surface area contributed by atoms with Gasteiger partial charge in [0.2, 0.25) is 5.79 Å². The van der Waals surface area contributed by atoms with E-state index >= 15 is 0 Å². The van der Waals surface area contributed by atoms with Crippen molar-refractivity contribution in [1.29, 1.82) is 0 Å². The molecule has 2 aromatic rings. The molecule has 0 bridgehead atoms. The van der Waals surface area contributed by atoms with Crippen LogP contribution in [0.5, 0.6) is 0 Å². The lowest BCUT2D eigenvalue weighted by atomic mass is 9.45. The number of aliphatic hydroxyl groups is 1. The van der Waals surface area contributed by atoms with Crippen molar-refractivity contribution in [2.75, 3.05) is 20.2 Å². The summed E-state index contributed by atoms with van der Waals surface area (Å²) in [7, 11) is 0. The number of hydrogen-bond donors (Lipinski definition) is 1. The molecule has 2 saturated heterocycles. The first kappa shape index (κ1) is 24.6. The van der Waals surface area contributed by atoms with Gasteiger partial charge in [-0.1, -0.05) is 19.4 Å². The number of fused-ring (bicyclic) bond motifs is 8. The highest BCUT2D eigenvalue weighted by Crippen LogP contribution is 2.71. The van der Waals surface area contributed by atoms with Gasteiger partial charge < -0.3 is 24.1 Å². The molecule has 208 valence electrons. The molecular formula is C30H34F2N2O5. The Morgan fingerprint density at radius 3 is 2.62 bits per heavy atom. The SMILES string of the molecule is C[C@]12Cc3cnn(-c4cc(F)cc(F)c4)c3C=C1CC[C@@H]1[C@@H]2[C@@H](O)C[C@@]2(C)[C@H]1CC[C@@]21OCOC12COCO2. The summed E-state index contributed by atoms with van der Waals surface area (Å²) < 4.78 is 54.0.